The maximum atomic E-state index is 5.90. The molecule has 1 fully saturated rings. The minimum Gasteiger partial charge on any atom is -0.369 e. The molecular formula is C16H23ClO. The Morgan fingerprint density at radius 3 is 2.39 bits per heavy atom. The van der Waals surface area contributed by atoms with Crippen molar-refractivity contribution in [1.29, 1.82) is 0 Å². The van der Waals surface area contributed by atoms with E-state index in [-0.39, 0.29) is 11.0 Å². The van der Waals surface area contributed by atoms with Crippen LogP contribution in [0.4, 0.5) is 0 Å². The first kappa shape index (κ1) is 13.9. The molecule has 1 unspecified atom stereocenters. The summed E-state index contributed by atoms with van der Waals surface area (Å²) in [5, 5.41) is 0.808. The number of halogens is 1. The summed E-state index contributed by atoms with van der Waals surface area (Å²) in [4.78, 5) is 0. The van der Waals surface area contributed by atoms with Gasteiger partial charge in [-0.15, -0.1) is 0 Å². The van der Waals surface area contributed by atoms with Gasteiger partial charge in [-0.3, -0.25) is 0 Å². The van der Waals surface area contributed by atoms with Gasteiger partial charge in [-0.2, -0.15) is 0 Å². The van der Waals surface area contributed by atoms with Crippen LogP contribution in [0, 0.1) is 5.41 Å². The second-order valence-corrected chi connectivity index (χ2v) is 6.48. The van der Waals surface area contributed by atoms with E-state index >= 15 is 0 Å². The van der Waals surface area contributed by atoms with Crippen LogP contribution in [0.15, 0.2) is 24.3 Å². The molecule has 100 valence electrons. The molecule has 0 N–H and O–H groups in total. The van der Waals surface area contributed by atoms with E-state index in [1.165, 1.54) is 18.4 Å². The Balaban J connectivity index is 1.95. The Kier molecular flexibility index (Phi) is 4.03. The van der Waals surface area contributed by atoms with Gasteiger partial charge in [0.25, 0.3) is 0 Å². The van der Waals surface area contributed by atoms with E-state index in [1.807, 2.05) is 12.1 Å². The van der Waals surface area contributed by atoms with Crippen molar-refractivity contribution in [2.75, 3.05) is 6.61 Å². The summed E-state index contributed by atoms with van der Waals surface area (Å²) in [5.41, 5.74) is 1.75. The number of benzene rings is 1. The van der Waals surface area contributed by atoms with Crippen molar-refractivity contribution in [1.82, 2.24) is 0 Å². The van der Waals surface area contributed by atoms with Gasteiger partial charge in [-0.25, -0.2) is 0 Å². The van der Waals surface area contributed by atoms with E-state index in [0.717, 1.165) is 24.5 Å². The van der Waals surface area contributed by atoms with Gasteiger partial charge in [0, 0.05) is 5.02 Å². The summed E-state index contributed by atoms with van der Waals surface area (Å²) < 4.78 is 5.83. The number of epoxide rings is 1. The largest absolute Gasteiger partial charge is 0.369 e. The average molecular weight is 267 g/mol. The molecule has 0 bridgehead atoms. The highest BCUT2D eigenvalue weighted by molar-refractivity contribution is 6.30. The van der Waals surface area contributed by atoms with Crippen LogP contribution in [0.1, 0.15) is 45.6 Å². The van der Waals surface area contributed by atoms with E-state index < -0.39 is 0 Å². The smallest absolute Gasteiger partial charge is 0.0970 e. The fraction of sp³-hybridized carbons (Fsp3) is 0.625. The first-order valence-electron chi connectivity index (χ1n) is 6.87. The third-order valence-corrected chi connectivity index (χ3v) is 4.58. The molecule has 1 saturated heterocycles. The van der Waals surface area contributed by atoms with Gasteiger partial charge >= 0.3 is 0 Å². The van der Waals surface area contributed by atoms with Crippen LogP contribution in [0.3, 0.4) is 0 Å². The van der Waals surface area contributed by atoms with Crippen molar-refractivity contribution in [3.05, 3.63) is 34.9 Å². The highest BCUT2D eigenvalue weighted by Crippen LogP contribution is 2.50. The van der Waals surface area contributed by atoms with Crippen molar-refractivity contribution < 1.29 is 4.74 Å². The highest BCUT2D eigenvalue weighted by atomic mass is 35.5. The summed E-state index contributed by atoms with van der Waals surface area (Å²) in [7, 11) is 0. The van der Waals surface area contributed by atoms with Crippen molar-refractivity contribution in [2.45, 2.75) is 52.1 Å². The number of ether oxygens (including phenoxy) is 1. The first-order valence-corrected chi connectivity index (χ1v) is 7.25. The molecule has 0 spiro atoms. The maximum absolute atomic E-state index is 5.90. The molecule has 2 heteroatoms. The lowest BCUT2D eigenvalue weighted by molar-refractivity contribution is 0.117. The molecule has 0 aromatic heterocycles. The predicted molar refractivity (Wildman–Crippen MR) is 77.1 cm³/mol. The van der Waals surface area contributed by atoms with E-state index in [4.69, 9.17) is 16.3 Å². The van der Waals surface area contributed by atoms with Crippen molar-refractivity contribution in [2.24, 2.45) is 5.41 Å². The molecule has 1 aromatic rings. The van der Waals surface area contributed by atoms with Crippen LogP contribution in [-0.2, 0) is 11.2 Å². The Morgan fingerprint density at radius 1 is 1.28 bits per heavy atom. The molecule has 0 amide bonds. The zero-order valence-electron chi connectivity index (χ0n) is 11.6. The fourth-order valence-electron chi connectivity index (χ4n) is 2.81. The van der Waals surface area contributed by atoms with Crippen LogP contribution in [0.5, 0.6) is 0 Å². The minimum absolute atomic E-state index is 0.114. The Bertz CT molecular complexity index is 390. The van der Waals surface area contributed by atoms with Gasteiger partial charge in [0.1, 0.15) is 0 Å². The van der Waals surface area contributed by atoms with Crippen LogP contribution < -0.4 is 0 Å². The highest BCUT2D eigenvalue weighted by Gasteiger charge is 2.55. The monoisotopic (exact) mass is 266 g/mol. The Morgan fingerprint density at radius 2 is 1.89 bits per heavy atom. The van der Waals surface area contributed by atoms with E-state index in [1.54, 1.807) is 0 Å². The quantitative estimate of drug-likeness (QED) is 0.670. The molecule has 0 aliphatic carbocycles. The number of hydrogen-bond acceptors (Lipinski definition) is 1. The molecule has 2 rings (SSSR count). The summed E-state index contributed by atoms with van der Waals surface area (Å²) in [6.07, 6.45) is 4.64. The summed E-state index contributed by atoms with van der Waals surface area (Å²) in [6.45, 7) is 7.85. The minimum atomic E-state index is 0.114. The summed E-state index contributed by atoms with van der Waals surface area (Å²) in [5.74, 6) is 0. The molecular weight excluding hydrogens is 244 g/mol. The molecule has 0 saturated carbocycles. The Hall–Kier alpha value is -0.530. The SMILES string of the molecule is CCCC(C)(C)C1(CCc2ccc(Cl)cc2)CO1. The van der Waals surface area contributed by atoms with Crippen LogP contribution in [-0.4, -0.2) is 12.2 Å². The fourth-order valence-corrected chi connectivity index (χ4v) is 2.94. The molecule has 1 atom stereocenters. The molecule has 1 nitrogen and oxygen atoms in total. The van der Waals surface area contributed by atoms with Gasteiger partial charge in [-0.1, -0.05) is 50.9 Å². The standard InChI is InChI=1S/C16H23ClO/c1-4-10-15(2,3)16(12-18-16)11-9-13-5-7-14(17)8-6-13/h5-8H,4,9-12H2,1-3H3. The Labute approximate surface area is 115 Å². The molecule has 18 heavy (non-hydrogen) atoms. The zero-order valence-corrected chi connectivity index (χ0v) is 12.4. The van der Waals surface area contributed by atoms with E-state index in [0.29, 0.717) is 0 Å². The van der Waals surface area contributed by atoms with Crippen molar-refractivity contribution >= 4 is 11.6 Å². The predicted octanol–water partition coefficient (Wildman–Crippen LogP) is 4.87. The molecule has 1 aliphatic rings. The van der Waals surface area contributed by atoms with Gasteiger partial charge in [0.15, 0.2) is 0 Å². The lowest BCUT2D eigenvalue weighted by atomic mass is 9.73. The van der Waals surface area contributed by atoms with Crippen molar-refractivity contribution in [3.8, 4) is 0 Å². The molecule has 1 heterocycles. The number of aryl methyl sites for hydroxylation is 1. The van der Waals surface area contributed by atoms with Crippen LogP contribution in [0.25, 0.3) is 0 Å². The molecule has 0 radical (unpaired) electrons. The number of hydrogen-bond donors (Lipinski definition) is 0. The normalized spacial score (nSPS) is 23.1. The van der Waals surface area contributed by atoms with Gasteiger partial charge in [0.2, 0.25) is 0 Å². The van der Waals surface area contributed by atoms with E-state index in [9.17, 15) is 0 Å². The third kappa shape index (κ3) is 2.89. The second kappa shape index (κ2) is 5.22. The lowest BCUT2D eigenvalue weighted by Crippen LogP contribution is -2.33. The second-order valence-electron chi connectivity index (χ2n) is 6.04. The zero-order chi connectivity index (χ0) is 13.2. The van der Waals surface area contributed by atoms with Crippen LogP contribution in [0.2, 0.25) is 5.02 Å². The van der Waals surface area contributed by atoms with Crippen molar-refractivity contribution in [3.63, 3.8) is 0 Å². The van der Waals surface area contributed by atoms with Gasteiger partial charge in [-0.05, 0) is 42.4 Å². The van der Waals surface area contributed by atoms with Crippen LogP contribution >= 0.6 is 11.6 Å². The molecule has 1 aliphatic heterocycles. The third-order valence-electron chi connectivity index (χ3n) is 4.33. The maximum Gasteiger partial charge on any atom is 0.0970 e. The summed E-state index contributed by atoms with van der Waals surface area (Å²) >= 11 is 5.90. The molecule has 1 aromatic carbocycles. The van der Waals surface area contributed by atoms with Gasteiger partial charge in [0.05, 0.1) is 12.2 Å². The summed E-state index contributed by atoms with van der Waals surface area (Å²) in [6, 6.07) is 8.17. The average Bonchev–Trinajstić information content (AvgIpc) is 3.10. The van der Waals surface area contributed by atoms with Gasteiger partial charge < -0.3 is 4.74 Å². The first-order chi connectivity index (χ1) is 8.49. The topological polar surface area (TPSA) is 12.5 Å². The number of rotatable bonds is 6. The van der Waals surface area contributed by atoms with E-state index in [2.05, 4.69) is 32.9 Å². The lowest BCUT2D eigenvalue weighted by Gasteiger charge is -2.31.